The molecule has 0 spiro atoms. The van der Waals surface area contributed by atoms with Crippen LogP contribution in [-0.2, 0) is 0 Å². The van der Waals surface area contributed by atoms with Gasteiger partial charge in [0.2, 0.25) is 0 Å². The molecule has 1 aromatic rings. The molecule has 0 bridgehead atoms. The van der Waals surface area contributed by atoms with Crippen LogP contribution in [0.25, 0.3) is 0 Å². The van der Waals surface area contributed by atoms with Gasteiger partial charge in [-0.2, -0.15) is 23.3 Å². The number of benzene rings is 1. The van der Waals surface area contributed by atoms with Gasteiger partial charge in [-0.1, -0.05) is 31.5 Å². The molecule has 2 rings (SSSR count). The van der Waals surface area contributed by atoms with Crippen LogP contribution in [0.4, 0.5) is 13.2 Å². The van der Waals surface area contributed by atoms with Crippen molar-refractivity contribution in [2.24, 2.45) is 11.0 Å². The van der Waals surface area contributed by atoms with Crippen LogP contribution in [0.3, 0.4) is 0 Å². The van der Waals surface area contributed by atoms with Crippen molar-refractivity contribution in [1.82, 2.24) is 5.01 Å². The lowest BCUT2D eigenvalue weighted by Crippen LogP contribution is -2.56. The first kappa shape index (κ1) is 17.7. The summed E-state index contributed by atoms with van der Waals surface area (Å²) < 4.78 is 40.0. The number of halogens is 4. The molecule has 1 N–H and O–H groups in total. The maximum atomic E-state index is 13.3. The molecule has 23 heavy (non-hydrogen) atoms. The Morgan fingerprint density at radius 2 is 2.13 bits per heavy atom. The van der Waals surface area contributed by atoms with Crippen molar-refractivity contribution in [3.63, 3.8) is 0 Å². The molecule has 1 aliphatic rings. The Balaban J connectivity index is 2.41. The standard InChI is InChI=1S/C15H16ClF3N2O2/c1-9(2)6-12-8-14(23,15(17,18)19)21(20-12)13(22)10-4-3-5-11(16)7-10/h3-5,7,9,23H,6,8H2,1-2H3. The lowest BCUT2D eigenvalue weighted by Gasteiger charge is -2.32. The lowest BCUT2D eigenvalue weighted by atomic mass is 9.99. The molecule has 1 unspecified atom stereocenters. The summed E-state index contributed by atoms with van der Waals surface area (Å²) in [6, 6.07) is 5.49. The van der Waals surface area contributed by atoms with E-state index >= 15 is 0 Å². The Morgan fingerprint density at radius 1 is 1.48 bits per heavy atom. The predicted molar refractivity (Wildman–Crippen MR) is 80.1 cm³/mol. The van der Waals surface area contributed by atoms with E-state index in [2.05, 4.69) is 5.10 Å². The molecule has 1 atom stereocenters. The number of hydrogen-bond donors (Lipinski definition) is 1. The summed E-state index contributed by atoms with van der Waals surface area (Å²) in [5.74, 6) is -1.00. The van der Waals surface area contributed by atoms with Gasteiger partial charge in [-0.05, 0) is 30.5 Å². The quantitative estimate of drug-likeness (QED) is 0.902. The Labute approximate surface area is 136 Å². The van der Waals surface area contributed by atoms with E-state index in [0.29, 0.717) is 0 Å². The Hall–Kier alpha value is -1.60. The SMILES string of the molecule is CC(C)CC1=NN(C(=O)c2cccc(Cl)c2)C(O)(C(F)(F)F)C1. The van der Waals surface area contributed by atoms with Crippen LogP contribution in [0.5, 0.6) is 0 Å². The molecule has 1 aliphatic heterocycles. The molecule has 0 radical (unpaired) electrons. The third-order valence-electron chi connectivity index (χ3n) is 3.40. The highest BCUT2D eigenvalue weighted by Crippen LogP contribution is 2.41. The van der Waals surface area contributed by atoms with Crippen LogP contribution in [0, 0.1) is 5.92 Å². The average Bonchev–Trinajstić information content (AvgIpc) is 2.74. The van der Waals surface area contributed by atoms with Crippen molar-refractivity contribution in [1.29, 1.82) is 0 Å². The van der Waals surface area contributed by atoms with E-state index in [9.17, 15) is 23.1 Å². The summed E-state index contributed by atoms with van der Waals surface area (Å²) in [6.45, 7) is 3.63. The van der Waals surface area contributed by atoms with E-state index < -0.39 is 24.2 Å². The molecule has 1 aromatic carbocycles. The highest BCUT2D eigenvalue weighted by molar-refractivity contribution is 6.31. The monoisotopic (exact) mass is 348 g/mol. The maximum Gasteiger partial charge on any atom is 0.438 e. The summed E-state index contributed by atoms with van der Waals surface area (Å²) in [5, 5.41) is 14.2. The van der Waals surface area contributed by atoms with Gasteiger partial charge in [0.1, 0.15) is 0 Å². The van der Waals surface area contributed by atoms with E-state index in [1.165, 1.54) is 24.3 Å². The Kier molecular flexibility index (Phi) is 4.73. The topological polar surface area (TPSA) is 52.9 Å². The van der Waals surface area contributed by atoms with Gasteiger partial charge in [-0.25, -0.2) is 0 Å². The minimum absolute atomic E-state index is 0.0486. The van der Waals surface area contributed by atoms with Crippen molar-refractivity contribution >= 4 is 23.2 Å². The third-order valence-corrected chi connectivity index (χ3v) is 3.64. The van der Waals surface area contributed by atoms with Gasteiger partial charge < -0.3 is 5.11 Å². The Bertz CT molecular complexity index is 646. The summed E-state index contributed by atoms with van der Waals surface area (Å²) in [5.41, 5.74) is -3.28. The van der Waals surface area contributed by atoms with Crippen LogP contribution in [0.1, 0.15) is 37.0 Å². The summed E-state index contributed by atoms with van der Waals surface area (Å²) in [7, 11) is 0. The second-order valence-electron chi connectivity index (χ2n) is 5.88. The number of hydrogen-bond acceptors (Lipinski definition) is 3. The van der Waals surface area contributed by atoms with Gasteiger partial charge in [-0.15, -0.1) is 0 Å². The van der Waals surface area contributed by atoms with E-state index in [0.717, 1.165) is 0 Å². The number of aliphatic hydroxyl groups is 1. The molecule has 0 saturated carbocycles. The lowest BCUT2D eigenvalue weighted by molar-refractivity contribution is -0.297. The number of carbonyl (C=O) groups excluding carboxylic acids is 1. The zero-order chi connectivity index (χ0) is 17.4. The Morgan fingerprint density at radius 3 is 2.65 bits per heavy atom. The molecule has 8 heteroatoms. The highest BCUT2D eigenvalue weighted by atomic mass is 35.5. The number of amides is 1. The van der Waals surface area contributed by atoms with Crippen LogP contribution in [-0.4, -0.2) is 33.6 Å². The number of nitrogens with zero attached hydrogens (tertiary/aromatic N) is 2. The van der Waals surface area contributed by atoms with Crippen molar-refractivity contribution in [3.8, 4) is 0 Å². The minimum atomic E-state index is -5.02. The van der Waals surface area contributed by atoms with Gasteiger partial charge in [0.05, 0.1) is 0 Å². The third kappa shape index (κ3) is 3.50. The predicted octanol–water partition coefficient (Wildman–Crippen LogP) is 3.84. The zero-order valence-corrected chi connectivity index (χ0v) is 13.3. The molecule has 0 fully saturated rings. The van der Waals surface area contributed by atoms with Crippen molar-refractivity contribution < 1.29 is 23.1 Å². The zero-order valence-electron chi connectivity index (χ0n) is 12.6. The van der Waals surface area contributed by atoms with Gasteiger partial charge >= 0.3 is 6.18 Å². The van der Waals surface area contributed by atoms with E-state index in [1.807, 2.05) is 13.8 Å². The van der Waals surface area contributed by atoms with E-state index in [1.54, 1.807) is 0 Å². The first-order valence-electron chi connectivity index (χ1n) is 7.00. The van der Waals surface area contributed by atoms with Gasteiger partial charge in [-0.3, -0.25) is 4.79 Å². The summed E-state index contributed by atoms with van der Waals surface area (Å²) in [6.07, 6.45) is -5.51. The molecular formula is C15H16ClF3N2O2. The highest BCUT2D eigenvalue weighted by Gasteiger charge is 2.63. The summed E-state index contributed by atoms with van der Waals surface area (Å²) in [4.78, 5) is 12.4. The molecular weight excluding hydrogens is 333 g/mol. The molecule has 126 valence electrons. The first-order valence-corrected chi connectivity index (χ1v) is 7.38. The smallest absolute Gasteiger partial charge is 0.362 e. The second-order valence-corrected chi connectivity index (χ2v) is 6.32. The molecule has 0 aliphatic carbocycles. The molecule has 4 nitrogen and oxygen atoms in total. The van der Waals surface area contributed by atoms with Gasteiger partial charge in [0.25, 0.3) is 11.6 Å². The van der Waals surface area contributed by atoms with E-state index in [4.69, 9.17) is 11.6 Å². The fourth-order valence-corrected chi connectivity index (χ4v) is 2.57. The van der Waals surface area contributed by atoms with Crippen LogP contribution >= 0.6 is 11.6 Å². The molecule has 0 saturated heterocycles. The van der Waals surface area contributed by atoms with Crippen molar-refractivity contribution in [2.75, 3.05) is 0 Å². The van der Waals surface area contributed by atoms with E-state index in [-0.39, 0.29) is 33.6 Å². The molecule has 0 aromatic heterocycles. The molecule has 1 amide bonds. The maximum absolute atomic E-state index is 13.3. The van der Waals surface area contributed by atoms with Gasteiger partial charge in [0.15, 0.2) is 0 Å². The normalized spacial score (nSPS) is 21.7. The van der Waals surface area contributed by atoms with Crippen LogP contribution in [0.2, 0.25) is 5.02 Å². The first-order chi connectivity index (χ1) is 10.5. The minimum Gasteiger partial charge on any atom is -0.362 e. The number of hydrazone groups is 1. The fraction of sp³-hybridized carbons (Fsp3) is 0.467. The van der Waals surface area contributed by atoms with Gasteiger partial charge in [0, 0.05) is 22.7 Å². The van der Waals surface area contributed by atoms with Crippen LogP contribution in [0.15, 0.2) is 29.4 Å². The number of carbonyl (C=O) groups is 1. The average molecular weight is 349 g/mol. The second kappa shape index (κ2) is 6.13. The van der Waals surface area contributed by atoms with Crippen molar-refractivity contribution in [2.45, 2.75) is 38.6 Å². The summed E-state index contributed by atoms with van der Waals surface area (Å²) >= 11 is 5.76. The van der Waals surface area contributed by atoms with Crippen molar-refractivity contribution in [3.05, 3.63) is 34.9 Å². The molecule has 1 heterocycles. The number of alkyl halides is 3. The van der Waals surface area contributed by atoms with Crippen LogP contribution < -0.4 is 0 Å². The largest absolute Gasteiger partial charge is 0.438 e. The number of rotatable bonds is 3. The fourth-order valence-electron chi connectivity index (χ4n) is 2.38.